The largest absolute Gasteiger partial charge is 0.456 e. The molecule has 15 aromatic carbocycles. The van der Waals surface area contributed by atoms with Crippen LogP contribution in [0.25, 0.3) is 239 Å². The molecule has 23 rings (SSSR count). The van der Waals surface area contributed by atoms with Crippen LogP contribution < -0.4 is 0 Å². The molecule has 0 bridgehead atoms. The van der Waals surface area contributed by atoms with Gasteiger partial charge < -0.3 is 13.4 Å². The molecule has 0 saturated carbocycles. The molecule has 0 fully saturated rings. The number of para-hydroxylation sites is 3. The third kappa shape index (κ3) is 10.1. The van der Waals surface area contributed by atoms with Gasteiger partial charge in [-0.2, -0.15) is 0 Å². The molecule has 111 heavy (non-hydrogen) atoms. The zero-order chi connectivity index (χ0) is 72.8. The Morgan fingerprint density at radius 3 is 1.48 bits per heavy atom. The van der Waals surface area contributed by atoms with Crippen molar-refractivity contribution >= 4 is 98.0 Å². The average Bonchev–Trinajstić information content (AvgIpc) is 1.57. The fourth-order valence-electron chi connectivity index (χ4n) is 16.9. The number of fused-ring (bicyclic) bond motifs is 14. The molecule has 7 aromatic heterocycles. The van der Waals surface area contributed by atoms with Crippen molar-refractivity contribution in [1.29, 1.82) is 0 Å². The molecule has 514 valence electrons. The van der Waals surface area contributed by atoms with Crippen molar-refractivity contribution in [1.82, 2.24) is 44.4 Å². The van der Waals surface area contributed by atoms with E-state index >= 15 is 0 Å². The van der Waals surface area contributed by atoms with Crippen molar-refractivity contribution in [2.45, 2.75) is 0 Å². The second-order valence-electron chi connectivity index (χ2n) is 28.5. The molecule has 0 atom stereocenters. The number of hydrogen-bond donors (Lipinski definition) is 0. The molecule has 0 N–H and O–H groups in total. The Labute approximate surface area is 634 Å². The van der Waals surface area contributed by atoms with Gasteiger partial charge in [0.15, 0.2) is 34.9 Å². The van der Waals surface area contributed by atoms with Crippen LogP contribution in [0.5, 0.6) is 0 Å². The summed E-state index contributed by atoms with van der Waals surface area (Å²) in [4.78, 5) is 41.7. The lowest BCUT2D eigenvalue weighted by Gasteiger charge is -2.13. The van der Waals surface area contributed by atoms with Crippen molar-refractivity contribution in [2.75, 3.05) is 0 Å². The molecule has 0 spiro atoms. The first-order valence-electron chi connectivity index (χ1n) is 37.2. The summed E-state index contributed by atoms with van der Waals surface area (Å²) in [6, 6.07) is 117. The monoisotopic (exact) mass is 1420 g/mol. The maximum atomic E-state index is 7.02. The third-order valence-electron chi connectivity index (χ3n) is 22.2. The van der Waals surface area contributed by atoms with Crippen LogP contribution in [0, 0.1) is 0 Å². The predicted molar refractivity (Wildman–Crippen MR) is 449 cm³/mol. The normalized spacial score (nSPS) is 12.0. The highest BCUT2D eigenvalue weighted by atomic mass is 16.3. The van der Waals surface area contributed by atoms with Gasteiger partial charge in [0.25, 0.3) is 0 Å². The highest BCUT2D eigenvalue weighted by molar-refractivity contribution is 6.22. The van der Waals surface area contributed by atoms with Gasteiger partial charge in [-0.3, -0.25) is 9.97 Å². The lowest BCUT2D eigenvalue weighted by atomic mass is 9.92. The van der Waals surface area contributed by atoms with Gasteiger partial charge in [0, 0.05) is 73.5 Å². The molecule has 7 heterocycles. The number of hydrogen-bond acceptors (Lipinski definition) is 10. The fourth-order valence-corrected chi connectivity index (χ4v) is 16.9. The second kappa shape index (κ2) is 24.7. The second-order valence-corrected chi connectivity index (χ2v) is 28.5. The van der Waals surface area contributed by atoms with Gasteiger partial charge in [0.1, 0.15) is 33.7 Å². The molecule has 0 radical (unpaired) electrons. The van der Waals surface area contributed by atoms with Gasteiger partial charge in [0.05, 0.1) is 21.8 Å². The molecular formula is C100H57N9O2. The maximum absolute atomic E-state index is 7.02. The molecule has 11 nitrogen and oxygen atoms in total. The van der Waals surface area contributed by atoms with Crippen LogP contribution in [0.2, 0.25) is 0 Å². The Morgan fingerprint density at radius 2 is 0.730 bits per heavy atom. The van der Waals surface area contributed by atoms with E-state index in [2.05, 4.69) is 278 Å². The first-order chi connectivity index (χ1) is 55.0. The van der Waals surface area contributed by atoms with Crippen LogP contribution in [0.3, 0.4) is 0 Å². The molecule has 1 aliphatic rings. The minimum Gasteiger partial charge on any atom is -0.456 e. The summed E-state index contributed by atoms with van der Waals surface area (Å²) in [7, 11) is 0. The van der Waals surface area contributed by atoms with Crippen molar-refractivity contribution in [3.05, 3.63) is 346 Å². The van der Waals surface area contributed by atoms with Gasteiger partial charge in [0.2, 0.25) is 0 Å². The summed E-state index contributed by atoms with van der Waals surface area (Å²) in [6.07, 6.45) is 3.71. The Hall–Kier alpha value is -15.2. The summed E-state index contributed by atoms with van der Waals surface area (Å²) in [5, 5.41) is 12.8. The van der Waals surface area contributed by atoms with Gasteiger partial charge in [-0.05, 0) is 148 Å². The maximum Gasteiger partial charge on any atom is 0.183 e. The van der Waals surface area contributed by atoms with Crippen LogP contribution in [0.1, 0.15) is 0 Å². The predicted octanol–water partition coefficient (Wildman–Crippen LogP) is 25.5. The SMILES string of the molecule is c1ccc(-c2ccc(-c3nc(-c4ccc5ccccc5c4)nc(-c4ncc(-c5ccc6c7c(cccc57)-c5ccc(-c7cccc8cc(-c9ccc(-c%10nc(-c%11ccccc%11)nc(-c%11nccc%12oc%13cc(-n%14c%15ccccc%15c%15ccccc%15%14)ccc%13c%11%12)n%10)cc9)ccc78)cc5-6)c5oc6ccccc6c45)n3)cc2)cc1. The van der Waals surface area contributed by atoms with Gasteiger partial charge >= 0.3 is 0 Å². The van der Waals surface area contributed by atoms with E-state index in [-0.39, 0.29) is 0 Å². The van der Waals surface area contributed by atoms with Crippen molar-refractivity contribution in [2.24, 2.45) is 0 Å². The van der Waals surface area contributed by atoms with Crippen molar-refractivity contribution in [3.63, 3.8) is 0 Å². The van der Waals surface area contributed by atoms with Crippen molar-refractivity contribution < 1.29 is 8.83 Å². The van der Waals surface area contributed by atoms with Crippen LogP contribution in [-0.4, -0.2) is 44.4 Å². The van der Waals surface area contributed by atoms with Gasteiger partial charge in [-0.25, -0.2) is 29.9 Å². The zero-order valence-corrected chi connectivity index (χ0v) is 59.3. The standard InChI is InChI=1S/C100H57N9O2/c1-3-17-58(18-4-1)60-33-38-63(39-34-60)97-104-98(69-42-37-59-19-7-8-22-65(59)54-69)108-100(107-97)93-91-80-26-11-14-32-86(80)111-94(91)83(57-102-93)74-49-50-79-82-55-68(44-47-73(82)77-28-16-29-78(74)89(77)79)71-27-15-23-67-53-66(43-46-72(67)71)61-35-40-64(41-36-61)96-103-95(62-20-5-2-6-21-62)105-99(106-96)92-90-81-48-45-70(56-88(81)110-87(90)51-52-101-92)109-84-30-12-9-24-75(84)76-25-10-13-31-85(76)109/h1-57H. The van der Waals surface area contributed by atoms with E-state index in [1.165, 1.54) is 43.8 Å². The number of aromatic nitrogens is 9. The summed E-state index contributed by atoms with van der Waals surface area (Å²) in [6.45, 7) is 0. The number of rotatable bonds is 11. The quantitative estimate of drug-likeness (QED) is 0.123. The molecule has 11 heteroatoms. The van der Waals surface area contributed by atoms with Crippen molar-refractivity contribution in [3.8, 4) is 141 Å². The highest BCUT2D eigenvalue weighted by Gasteiger charge is 2.29. The number of nitrogens with zero attached hydrogens (tertiary/aromatic N) is 9. The van der Waals surface area contributed by atoms with E-state index in [1.807, 2.05) is 66.9 Å². The molecular weight excluding hydrogens is 1360 g/mol. The van der Waals surface area contributed by atoms with Crippen LogP contribution in [0.4, 0.5) is 0 Å². The average molecular weight is 1420 g/mol. The number of pyridine rings is 2. The van der Waals surface area contributed by atoms with Crippen LogP contribution in [0.15, 0.2) is 355 Å². The molecule has 0 saturated heterocycles. The van der Waals surface area contributed by atoms with E-state index in [0.29, 0.717) is 57.5 Å². The first kappa shape index (κ1) is 62.0. The Kier molecular flexibility index (Phi) is 13.8. The summed E-state index contributed by atoms with van der Waals surface area (Å²) in [5.41, 5.74) is 24.2. The Balaban J connectivity index is 0.570. The number of furan rings is 2. The molecule has 22 aromatic rings. The summed E-state index contributed by atoms with van der Waals surface area (Å²) in [5.74, 6) is 3.09. The Bertz CT molecular complexity index is 7580. The van der Waals surface area contributed by atoms with E-state index in [0.717, 1.165) is 138 Å². The summed E-state index contributed by atoms with van der Waals surface area (Å²) >= 11 is 0. The minimum absolute atomic E-state index is 0.452. The third-order valence-corrected chi connectivity index (χ3v) is 22.2. The lowest BCUT2D eigenvalue weighted by molar-refractivity contribution is 0.668. The van der Waals surface area contributed by atoms with E-state index < -0.39 is 0 Å². The van der Waals surface area contributed by atoms with E-state index in [1.54, 1.807) is 6.20 Å². The minimum atomic E-state index is 0.452. The van der Waals surface area contributed by atoms with Crippen LogP contribution in [-0.2, 0) is 0 Å². The molecule has 0 amide bonds. The van der Waals surface area contributed by atoms with Gasteiger partial charge in [-0.1, -0.05) is 273 Å². The smallest absolute Gasteiger partial charge is 0.183 e. The Morgan fingerprint density at radius 1 is 0.225 bits per heavy atom. The lowest BCUT2D eigenvalue weighted by Crippen LogP contribution is -2.02. The van der Waals surface area contributed by atoms with E-state index in [4.69, 9.17) is 48.7 Å². The molecule has 0 aliphatic heterocycles. The number of benzene rings is 15. The topological polar surface area (TPSA) is 134 Å². The fraction of sp³-hybridized carbons (Fsp3) is 0. The van der Waals surface area contributed by atoms with Gasteiger partial charge in [-0.15, -0.1) is 0 Å². The highest BCUT2D eigenvalue weighted by Crippen LogP contribution is 2.53. The molecule has 0 unspecified atom stereocenters. The van der Waals surface area contributed by atoms with E-state index in [9.17, 15) is 0 Å². The summed E-state index contributed by atoms with van der Waals surface area (Å²) < 4.78 is 16.0. The van der Waals surface area contributed by atoms with Crippen LogP contribution >= 0.6 is 0 Å². The first-order valence-corrected chi connectivity index (χ1v) is 37.2. The zero-order valence-electron chi connectivity index (χ0n) is 59.3. The molecule has 1 aliphatic carbocycles.